The number of hydrogen-bond acceptors (Lipinski definition) is 4. The number of H-pyrrole nitrogens is 1. The van der Waals surface area contributed by atoms with Crippen LogP contribution >= 0.6 is 0 Å². The normalized spacial score (nSPS) is 11.5. The highest BCUT2D eigenvalue weighted by Gasteiger charge is 2.04. The van der Waals surface area contributed by atoms with Crippen LogP contribution in [0.3, 0.4) is 0 Å². The number of benzene rings is 2. The SMILES string of the molecule is C=c1[nH]n(-c2ccc(C)cc2)c(=O)c1=CNc1cccc(C(=O)[O-])c1. The second kappa shape index (κ2) is 6.52. The molecule has 0 amide bonds. The van der Waals surface area contributed by atoms with Crippen molar-refractivity contribution < 1.29 is 9.90 Å². The predicted molar refractivity (Wildman–Crippen MR) is 94.8 cm³/mol. The van der Waals surface area contributed by atoms with E-state index in [-0.39, 0.29) is 11.1 Å². The van der Waals surface area contributed by atoms with Gasteiger partial charge in [0.2, 0.25) is 0 Å². The van der Waals surface area contributed by atoms with Crippen molar-refractivity contribution in [2.75, 3.05) is 5.32 Å². The molecule has 0 bridgehead atoms. The highest BCUT2D eigenvalue weighted by Crippen LogP contribution is 2.09. The van der Waals surface area contributed by atoms with E-state index in [0.717, 1.165) is 5.56 Å². The maximum Gasteiger partial charge on any atom is 0.280 e. The maximum atomic E-state index is 12.6. The monoisotopic (exact) mass is 334 g/mol. The van der Waals surface area contributed by atoms with Gasteiger partial charge in [0.25, 0.3) is 5.56 Å². The molecule has 0 aliphatic heterocycles. The fraction of sp³-hybridized carbons (Fsp3) is 0.0526. The lowest BCUT2D eigenvalue weighted by molar-refractivity contribution is -0.255. The van der Waals surface area contributed by atoms with Gasteiger partial charge in [-0.3, -0.25) is 9.89 Å². The number of rotatable bonds is 4. The molecule has 1 aromatic heterocycles. The van der Waals surface area contributed by atoms with Gasteiger partial charge in [0, 0.05) is 11.9 Å². The number of nitrogens with one attached hydrogen (secondary N) is 2. The molecule has 0 spiro atoms. The second-order valence-corrected chi connectivity index (χ2v) is 5.64. The van der Waals surface area contributed by atoms with Crippen molar-refractivity contribution >= 4 is 24.4 Å². The summed E-state index contributed by atoms with van der Waals surface area (Å²) in [6.45, 7) is 5.82. The van der Waals surface area contributed by atoms with Gasteiger partial charge in [-0.1, -0.05) is 36.4 Å². The minimum Gasteiger partial charge on any atom is -0.545 e. The number of carbonyl (C=O) groups is 1. The third kappa shape index (κ3) is 3.37. The number of aromatic nitrogens is 2. The number of carboxylic acid groups (broad SMARTS) is 1. The number of nitrogens with zero attached hydrogens (tertiary/aromatic N) is 1. The molecule has 3 aromatic rings. The first-order valence-corrected chi connectivity index (χ1v) is 7.61. The Hall–Kier alpha value is -3.54. The minimum atomic E-state index is -1.26. The van der Waals surface area contributed by atoms with Gasteiger partial charge in [-0.2, -0.15) is 0 Å². The van der Waals surface area contributed by atoms with Crippen LogP contribution in [0.15, 0.2) is 53.3 Å². The van der Waals surface area contributed by atoms with Crippen molar-refractivity contribution in [1.29, 1.82) is 0 Å². The maximum absolute atomic E-state index is 12.6. The summed E-state index contributed by atoms with van der Waals surface area (Å²) in [5.74, 6) is -1.26. The van der Waals surface area contributed by atoms with Crippen LogP contribution in [0.5, 0.6) is 0 Å². The molecule has 2 N–H and O–H groups in total. The Balaban J connectivity index is 1.98. The first-order valence-electron chi connectivity index (χ1n) is 7.61. The first-order chi connectivity index (χ1) is 12.0. The van der Waals surface area contributed by atoms with Gasteiger partial charge in [-0.15, -0.1) is 0 Å². The van der Waals surface area contributed by atoms with Gasteiger partial charge in [0.1, 0.15) is 0 Å². The average molecular weight is 334 g/mol. The van der Waals surface area contributed by atoms with Gasteiger partial charge in [0.05, 0.1) is 22.2 Å². The number of carboxylic acids is 1. The lowest BCUT2D eigenvalue weighted by Crippen LogP contribution is -2.34. The number of hydrogen-bond donors (Lipinski definition) is 2. The molecule has 6 heteroatoms. The van der Waals surface area contributed by atoms with Crippen LogP contribution in [-0.4, -0.2) is 15.7 Å². The standard InChI is InChI=1S/C19H17N3O3/c1-12-6-8-16(9-7-12)22-18(23)17(13(2)21-22)11-20-15-5-3-4-14(10-15)19(24)25/h3-11,20-21H,2H2,1H3,(H,24,25)/p-1. The lowest BCUT2D eigenvalue weighted by atomic mass is 10.2. The van der Waals surface area contributed by atoms with Gasteiger partial charge in [-0.05, 0) is 36.8 Å². The van der Waals surface area contributed by atoms with E-state index in [1.165, 1.54) is 23.0 Å². The molecule has 25 heavy (non-hydrogen) atoms. The van der Waals surface area contributed by atoms with Crippen LogP contribution in [0.4, 0.5) is 5.69 Å². The van der Waals surface area contributed by atoms with Crippen LogP contribution in [0, 0.1) is 6.92 Å². The first kappa shape index (κ1) is 16.3. The summed E-state index contributed by atoms with van der Waals surface area (Å²) in [7, 11) is 0. The second-order valence-electron chi connectivity index (χ2n) is 5.64. The van der Waals surface area contributed by atoms with Crippen molar-refractivity contribution in [2.45, 2.75) is 6.92 Å². The topological polar surface area (TPSA) is 90.0 Å². The van der Waals surface area contributed by atoms with E-state index in [1.54, 1.807) is 12.1 Å². The molecule has 0 saturated carbocycles. The fourth-order valence-corrected chi connectivity index (χ4v) is 2.41. The molecule has 0 aliphatic carbocycles. The zero-order valence-corrected chi connectivity index (χ0v) is 13.6. The van der Waals surface area contributed by atoms with Crippen molar-refractivity contribution in [2.24, 2.45) is 0 Å². The van der Waals surface area contributed by atoms with E-state index in [9.17, 15) is 14.7 Å². The molecule has 0 aliphatic rings. The van der Waals surface area contributed by atoms with Crippen LogP contribution in [0.1, 0.15) is 15.9 Å². The van der Waals surface area contributed by atoms with Gasteiger partial charge >= 0.3 is 0 Å². The molecule has 6 nitrogen and oxygen atoms in total. The number of aryl methyl sites for hydroxylation is 1. The van der Waals surface area contributed by atoms with Crippen molar-refractivity contribution in [3.8, 4) is 5.69 Å². The Morgan fingerprint density at radius 1 is 1.24 bits per heavy atom. The van der Waals surface area contributed by atoms with E-state index >= 15 is 0 Å². The zero-order chi connectivity index (χ0) is 18.0. The molecule has 2 aromatic carbocycles. The van der Waals surface area contributed by atoms with E-state index < -0.39 is 5.97 Å². The Bertz CT molecular complexity index is 1090. The molecule has 0 fully saturated rings. The van der Waals surface area contributed by atoms with Crippen LogP contribution in [0.2, 0.25) is 0 Å². The average Bonchev–Trinajstić information content (AvgIpc) is 2.88. The summed E-state index contributed by atoms with van der Waals surface area (Å²) in [4.78, 5) is 23.5. The molecule has 1 heterocycles. The highest BCUT2D eigenvalue weighted by atomic mass is 16.4. The van der Waals surface area contributed by atoms with E-state index in [4.69, 9.17) is 0 Å². The predicted octanol–water partition coefficient (Wildman–Crippen LogP) is 0.0979. The largest absolute Gasteiger partial charge is 0.545 e. The molecule has 0 atom stereocenters. The van der Waals surface area contributed by atoms with E-state index in [0.29, 0.717) is 21.9 Å². The van der Waals surface area contributed by atoms with Crippen LogP contribution in [-0.2, 0) is 0 Å². The van der Waals surface area contributed by atoms with Gasteiger partial charge in [-0.25, -0.2) is 4.68 Å². The molecular formula is C19H16N3O3-. The summed E-state index contributed by atoms with van der Waals surface area (Å²) in [6, 6.07) is 13.7. The van der Waals surface area contributed by atoms with Gasteiger partial charge in [0.15, 0.2) is 0 Å². The van der Waals surface area contributed by atoms with Crippen molar-refractivity contribution in [3.05, 3.63) is 80.6 Å². The molecule has 3 rings (SSSR count). The summed E-state index contributed by atoms with van der Waals surface area (Å²) in [5.41, 5.74) is 2.14. The minimum absolute atomic E-state index is 0.0550. The number of carbonyl (C=O) groups excluding carboxylic acids is 1. The third-order valence-corrected chi connectivity index (χ3v) is 3.78. The fourth-order valence-electron chi connectivity index (χ4n) is 2.41. The number of aromatic carboxylic acids is 1. The van der Waals surface area contributed by atoms with Gasteiger partial charge < -0.3 is 15.2 Å². The smallest absolute Gasteiger partial charge is 0.280 e. The van der Waals surface area contributed by atoms with E-state index in [2.05, 4.69) is 17.0 Å². The summed E-state index contributed by atoms with van der Waals surface area (Å²) in [6.07, 6.45) is 1.50. The molecule has 126 valence electrons. The number of aromatic amines is 1. The third-order valence-electron chi connectivity index (χ3n) is 3.78. The van der Waals surface area contributed by atoms with Crippen LogP contribution in [0.25, 0.3) is 18.5 Å². The molecular weight excluding hydrogens is 318 g/mol. The van der Waals surface area contributed by atoms with Crippen LogP contribution < -0.4 is 26.6 Å². The highest BCUT2D eigenvalue weighted by molar-refractivity contribution is 5.87. The quantitative estimate of drug-likeness (QED) is 0.708. The summed E-state index contributed by atoms with van der Waals surface area (Å²) < 4.78 is 1.41. The van der Waals surface area contributed by atoms with Crippen molar-refractivity contribution in [3.63, 3.8) is 0 Å². The molecule has 0 radical (unpaired) electrons. The summed E-state index contributed by atoms with van der Waals surface area (Å²) in [5, 5.41) is 17.6. The Morgan fingerprint density at radius 3 is 2.64 bits per heavy atom. The molecule has 0 unspecified atom stereocenters. The molecule has 0 saturated heterocycles. The lowest BCUT2D eigenvalue weighted by Gasteiger charge is -2.05. The number of anilines is 1. The van der Waals surface area contributed by atoms with Crippen molar-refractivity contribution in [1.82, 2.24) is 9.78 Å². The Morgan fingerprint density at radius 2 is 1.96 bits per heavy atom. The Kier molecular flexibility index (Phi) is 4.26. The Labute approximate surface area is 143 Å². The van der Waals surface area contributed by atoms with E-state index in [1.807, 2.05) is 31.2 Å². The zero-order valence-electron chi connectivity index (χ0n) is 13.6. The summed E-state index contributed by atoms with van der Waals surface area (Å²) >= 11 is 0.